The highest BCUT2D eigenvalue weighted by atomic mass is 16.5. The topological polar surface area (TPSA) is 87.7 Å². The molecule has 3 N–H and O–H groups in total. The van der Waals surface area contributed by atoms with Crippen LogP contribution in [0.4, 0.5) is 0 Å². The van der Waals surface area contributed by atoms with Gasteiger partial charge in [-0.15, -0.1) is 0 Å². The molecule has 3 rings (SSSR count). The highest BCUT2D eigenvalue weighted by molar-refractivity contribution is 5.79. The number of benzene rings is 1. The van der Waals surface area contributed by atoms with Gasteiger partial charge in [-0.05, 0) is 38.2 Å². The number of aliphatic hydroxyl groups is 1. The van der Waals surface area contributed by atoms with E-state index in [1.54, 1.807) is 0 Å². The van der Waals surface area contributed by atoms with Crippen LogP contribution < -0.4 is 10.6 Å². The SMILES string of the molecule is C[C@@H](NC(=O)C[C@H]1CC[C@@H](NC(=O)C2CCC2)[C@H](CO)O1)c1ccccc1. The van der Waals surface area contributed by atoms with Crippen molar-refractivity contribution in [1.82, 2.24) is 10.6 Å². The number of nitrogens with one attached hydrogen (secondary N) is 2. The van der Waals surface area contributed by atoms with Crippen LogP contribution in [-0.2, 0) is 14.3 Å². The summed E-state index contributed by atoms with van der Waals surface area (Å²) in [4.78, 5) is 24.5. The molecule has 1 aliphatic carbocycles. The molecule has 0 bridgehead atoms. The van der Waals surface area contributed by atoms with Crippen LogP contribution in [-0.4, -0.2) is 41.8 Å². The number of hydrogen-bond acceptors (Lipinski definition) is 4. The Balaban J connectivity index is 1.46. The molecule has 2 aliphatic rings. The molecule has 0 radical (unpaired) electrons. The van der Waals surface area contributed by atoms with Crippen LogP contribution in [0, 0.1) is 5.92 Å². The Bertz CT molecular complexity index is 632. The van der Waals surface area contributed by atoms with Crippen molar-refractivity contribution in [3.8, 4) is 0 Å². The smallest absolute Gasteiger partial charge is 0.223 e. The molecular weight excluding hydrogens is 344 g/mol. The Labute approximate surface area is 160 Å². The molecule has 1 saturated heterocycles. The van der Waals surface area contributed by atoms with E-state index in [4.69, 9.17) is 4.74 Å². The van der Waals surface area contributed by atoms with Gasteiger partial charge in [0.2, 0.25) is 11.8 Å². The fourth-order valence-corrected chi connectivity index (χ4v) is 3.75. The summed E-state index contributed by atoms with van der Waals surface area (Å²) < 4.78 is 5.91. The molecule has 1 aromatic rings. The van der Waals surface area contributed by atoms with Crippen LogP contribution in [0.3, 0.4) is 0 Å². The first kappa shape index (κ1) is 19.8. The van der Waals surface area contributed by atoms with Gasteiger partial charge in [0, 0.05) is 5.92 Å². The van der Waals surface area contributed by atoms with E-state index in [1.165, 1.54) is 0 Å². The monoisotopic (exact) mass is 374 g/mol. The minimum Gasteiger partial charge on any atom is -0.394 e. The molecule has 2 amide bonds. The predicted octanol–water partition coefficient (Wildman–Crippen LogP) is 2.08. The molecule has 2 fully saturated rings. The fraction of sp³-hybridized carbons (Fsp3) is 0.619. The van der Waals surface area contributed by atoms with E-state index in [0.717, 1.165) is 31.2 Å². The molecular formula is C21H30N2O4. The third kappa shape index (κ3) is 5.30. The van der Waals surface area contributed by atoms with Crippen molar-refractivity contribution in [2.45, 2.75) is 69.7 Å². The number of aliphatic hydroxyl groups excluding tert-OH is 1. The van der Waals surface area contributed by atoms with E-state index in [9.17, 15) is 14.7 Å². The normalized spacial score (nSPS) is 26.7. The highest BCUT2D eigenvalue weighted by Crippen LogP contribution is 2.28. The van der Waals surface area contributed by atoms with Gasteiger partial charge in [0.15, 0.2) is 0 Å². The molecule has 4 atom stereocenters. The summed E-state index contributed by atoms with van der Waals surface area (Å²) in [6.07, 6.45) is 4.00. The lowest BCUT2D eigenvalue weighted by Crippen LogP contribution is -2.53. The van der Waals surface area contributed by atoms with E-state index < -0.39 is 6.10 Å². The lowest BCUT2D eigenvalue weighted by molar-refractivity contribution is -0.139. The molecule has 0 spiro atoms. The van der Waals surface area contributed by atoms with Crippen molar-refractivity contribution < 1.29 is 19.4 Å². The fourth-order valence-electron chi connectivity index (χ4n) is 3.75. The van der Waals surface area contributed by atoms with Crippen LogP contribution in [0.25, 0.3) is 0 Å². The quantitative estimate of drug-likeness (QED) is 0.682. The van der Waals surface area contributed by atoms with Crippen molar-refractivity contribution in [2.75, 3.05) is 6.61 Å². The molecule has 1 aromatic carbocycles. The van der Waals surface area contributed by atoms with Crippen LogP contribution in [0.5, 0.6) is 0 Å². The Morgan fingerprint density at radius 1 is 1.19 bits per heavy atom. The second-order valence-electron chi connectivity index (χ2n) is 7.70. The number of rotatable bonds is 7. The van der Waals surface area contributed by atoms with Gasteiger partial charge in [0.05, 0.1) is 31.2 Å². The van der Waals surface area contributed by atoms with E-state index in [-0.39, 0.29) is 48.9 Å². The molecule has 148 valence electrons. The number of carbonyl (C=O) groups is 2. The summed E-state index contributed by atoms with van der Waals surface area (Å²) in [5.41, 5.74) is 1.06. The molecule has 1 saturated carbocycles. The minimum atomic E-state index is -0.452. The maximum absolute atomic E-state index is 12.4. The Morgan fingerprint density at radius 3 is 2.56 bits per heavy atom. The van der Waals surface area contributed by atoms with Gasteiger partial charge in [0.25, 0.3) is 0 Å². The molecule has 6 heteroatoms. The van der Waals surface area contributed by atoms with Crippen molar-refractivity contribution in [1.29, 1.82) is 0 Å². The Hall–Kier alpha value is -1.92. The summed E-state index contributed by atoms with van der Waals surface area (Å²) >= 11 is 0. The summed E-state index contributed by atoms with van der Waals surface area (Å²) in [6.45, 7) is 1.80. The zero-order valence-electron chi connectivity index (χ0n) is 15.9. The highest BCUT2D eigenvalue weighted by Gasteiger charge is 2.35. The van der Waals surface area contributed by atoms with Gasteiger partial charge in [-0.2, -0.15) is 0 Å². The van der Waals surface area contributed by atoms with Crippen LogP contribution >= 0.6 is 0 Å². The van der Waals surface area contributed by atoms with Crippen LogP contribution in [0.1, 0.15) is 57.1 Å². The second-order valence-corrected chi connectivity index (χ2v) is 7.70. The predicted molar refractivity (Wildman–Crippen MR) is 102 cm³/mol. The summed E-state index contributed by atoms with van der Waals surface area (Å²) in [5.74, 6) is 0.124. The van der Waals surface area contributed by atoms with Gasteiger partial charge >= 0.3 is 0 Å². The molecule has 27 heavy (non-hydrogen) atoms. The average molecular weight is 374 g/mol. The summed E-state index contributed by atoms with van der Waals surface area (Å²) in [5, 5.41) is 15.7. The van der Waals surface area contributed by atoms with Gasteiger partial charge in [-0.3, -0.25) is 9.59 Å². The molecule has 6 nitrogen and oxygen atoms in total. The summed E-state index contributed by atoms with van der Waals surface area (Å²) in [7, 11) is 0. The van der Waals surface area contributed by atoms with Gasteiger partial charge in [-0.1, -0.05) is 36.8 Å². The largest absolute Gasteiger partial charge is 0.394 e. The minimum absolute atomic E-state index is 0.0644. The maximum Gasteiger partial charge on any atom is 0.223 e. The van der Waals surface area contributed by atoms with Gasteiger partial charge < -0.3 is 20.5 Å². The number of hydrogen-bond donors (Lipinski definition) is 3. The van der Waals surface area contributed by atoms with Crippen molar-refractivity contribution in [2.24, 2.45) is 5.92 Å². The average Bonchev–Trinajstić information content (AvgIpc) is 2.62. The zero-order valence-corrected chi connectivity index (χ0v) is 15.9. The number of carbonyl (C=O) groups excluding carboxylic acids is 2. The standard InChI is InChI=1S/C21H30N2O4/c1-14(15-6-3-2-4-7-15)22-20(25)12-17-10-11-18(19(13-24)27-17)23-21(26)16-8-5-9-16/h2-4,6-7,14,16-19,24H,5,8-13H2,1H3,(H,22,25)(H,23,26)/t14-,17-,18-,19+/m1/s1. The first-order valence-corrected chi connectivity index (χ1v) is 9.97. The lowest BCUT2D eigenvalue weighted by Gasteiger charge is -2.37. The van der Waals surface area contributed by atoms with Crippen molar-refractivity contribution >= 4 is 11.8 Å². The van der Waals surface area contributed by atoms with Crippen LogP contribution in [0.15, 0.2) is 30.3 Å². The maximum atomic E-state index is 12.4. The molecule has 1 heterocycles. The third-order valence-corrected chi connectivity index (χ3v) is 5.69. The first-order chi connectivity index (χ1) is 13.1. The van der Waals surface area contributed by atoms with Gasteiger partial charge in [-0.25, -0.2) is 0 Å². The third-order valence-electron chi connectivity index (χ3n) is 5.69. The van der Waals surface area contributed by atoms with Crippen molar-refractivity contribution in [3.63, 3.8) is 0 Å². The van der Waals surface area contributed by atoms with E-state index in [2.05, 4.69) is 10.6 Å². The Kier molecular flexibility index (Phi) is 6.85. The molecule has 0 unspecified atom stereocenters. The second kappa shape index (κ2) is 9.33. The summed E-state index contributed by atoms with van der Waals surface area (Å²) in [6, 6.07) is 9.58. The zero-order chi connectivity index (χ0) is 19.2. The van der Waals surface area contributed by atoms with Gasteiger partial charge in [0.1, 0.15) is 6.10 Å². The first-order valence-electron chi connectivity index (χ1n) is 9.97. The van der Waals surface area contributed by atoms with E-state index in [1.807, 2.05) is 37.3 Å². The van der Waals surface area contributed by atoms with Crippen LogP contribution in [0.2, 0.25) is 0 Å². The Morgan fingerprint density at radius 2 is 1.93 bits per heavy atom. The van der Waals surface area contributed by atoms with E-state index in [0.29, 0.717) is 6.42 Å². The number of amides is 2. The number of ether oxygens (including phenoxy) is 1. The van der Waals surface area contributed by atoms with E-state index >= 15 is 0 Å². The lowest BCUT2D eigenvalue weighted by atomic mass is 9.84. The molecule has 1 aliphatic heterocycles. The molecule has 0 aromatic heterocycles. The van der Waals surface area contributed by atoms with Crippen molar-refractivity contribution in [3.05, 3.63) is 35.9 Å².